The summed E-state index contributed by atoms with van der Waals surface area (Å²) in [7, 11) is -1.78. The minimum absolute atomic E-state index is 0. The van der Waals surface area contributed by atoms with Gasteiger partial charge in [0.25, 0.3) is 0 Å². The molecule has 0 aliphatic rings. The molecule has 0 aromatic carbocycles. The van der Waals surface area contributed by atoms with Gasteiger partial charge in [0.15, 0.2) is 0 Å². The largest absolute Gasteiger partial charge is 0.462 e. The van der Waals surface area contributed by atoms with E-state index < -0.39 is 27.6 Å². The molecule has 0 aliphatic carbocycles. The zero-order chi connectivity index (χ0) is 20.1. The van der Waals surface area contributed by atoms with Crippen LogP contribution >= 0.6 is 12.4 Å². The van der Waals surface area contributed by atoms with E-state index in [0.717, 1.165) is 0 Å². The molecule has 2 atom stereocenters. The van der Waals surface area contributed by atoms with Crippen molar-refractivity contribution in [3.8, 4) is 0 Å². The van der Waals surface area contributed by atoms with Crippen molar-refractivity contribution in [3.63, 3.8) is 0 Å². The van der Waals surface area contributed by atoms with Crippen molar-refractivity contribution >= 4 is 28.4 Å². The van der Waals surface area contributed by atoms with Crippen molar-refractivity contribution in [1.29, 1.82) is 0 Å². The lowest BCUT2D eigenvalue weighted by molar-refractivity contribution is -0.151. The summed E-state index contributed by atoms with van der Waals surface area (Å²) >= 11 is 0. The van der Waals surface area contributed by atoms with Crippen LogP contribution in [0.25, 0.3) is 0 Å². The van der Waals surface area contributed by atoms with E-state index in [1.165, 1.54) is 10.6 Å². The molecule has 0 saturated carbocycles. The molecule has 26 heavy (non-hydrogen) atoms. The number of ether oxygens (including phenoxy) is 2. The minimum Gasteiger partial charge on any atom is -0.462 e. The first kappa shape index (κ1) is 27.8. The van der Waals surface area contributed by atoms with Crippen molar-refractivity contribution in [3.05, 3.63) is 0 Å². The van der Waals surface area contributed by atoms with E-state index in [9.17, 15) is 13.2 Å². The Hall–Kier alpha value is -0.410. The average molecular weight is 417 g/mol. The molecule has 7 nitrogen and oxygen atoms in total. The van der Waals surface area contributed by atoms with Gasteiger partial charge in [0, 0.05) is 12.1 Å². The van der Waals surface area contributed by atoms with Crippen molar-refractivity contribution in [2.75, 3.05) is 33.0 Å². The predicted octanol–water partition coefficient (Wildman–Crippen LogP) is 2.05. The van der Waals surface area contributed by atoms with Crippen LogP contribution in [0.2, 0.25) is 0 Å². The van der Waals surface area contributed by atoms with E-state index in [2.05, 4.69) is 5.32 Å². The van der Waals surface area contributed by atoms with Crippen molar-refractivity contribution in [2.45, 2.75) is 66.2 Å². The lowest BCUT2D eigenvalue weighted by atomic mass is 9.90. The fourth-order valence-electron chi connectivity index (χ4n) is 2.10. The zero-order valence-electron chi connectivity index (χ0n) is 17.6. The number of likely N-dealkylation sites (N-methyl/N-ethyl adjacent to an activating group) is 1. The maximum atomic E-state index is 12.2. The van der Waals surface area contributed by atoms with Crippen LogP contribution in [0.5, 0.6) is 0 Å². The fourth-order valence-corrected chi connectivity index (χ4v) is 3.53. The molecule has 158 valence electrons. The summed E-state index contributed by atoms with van der Waals surface area (Å²) in [6, 6.07) is 0. The molecule has 0 aromatic rings. The first-order chi connectivity index (χ1) is 11.1. The summed E-state index contributed by atoms with van der Waals surface area (Å²) < 4.78 is 37.1. The third kappa shape index (κ3) is 10.7. The summed E-state index contributed by atoms with van der Waals surface area (Å²) in [6.07, 6.45) is 0.487. The van der Waals surface area contributed by atoms with E-state index in [1.807, 2.05) is 48.5 Å². The van der Waals surface area contributed by atoms with Crippen LogP contribution in [0, 0.1) is 5.41 Å². The Kier molecular flexibility index (Phi) is 11.6. The first-order valence-corrected chi connectivity index (χ1v) is 10.4. The molecule has 0 heterocycles. The van der Waals surface area contributed by atoms with Gasteiger partial charge >= 0.3 is 5.97 Å². The second kappa shape index (κ2) is 10.8. The van der Waals surface area contributed by atoms with Gasteiger partial charge in [0.05, 0.1) is 18.9 Å². The molecule has 0 unspecified atom stereocenters. The second-order valence-corrected chi connectivity index (χ2v) is 10.4. The summed E-state index contributed by atoms with van der Waals surface area (Å²) in [5.41, 5.74) is -0.722. The normalized spacial score (nSPS) is 15.3. The number of rotatable bonds is 9. The van der Waals surface area contributed by atoms with Gasteiger partial charge in [-0.15, -0.1) is 12.4 Å². The highest BCUT2D eigenvalue weighted by Gasteiger charge is 2.34. The maximum absolute atomic E-state index is 12.2. The Morgan fingerprint density at radius 1 is 1.15 bits per heavy atom. The van der Waals surface area contributed by atoms with Crippen molar-refractivity contribution in [1.82, 2.24) is 9.62 Å². The number of sulfonamides is 1. The van der Waals surface area contributed by atoms with Crippen LogP contribution in [0.1, 0.15) is 48.5 Å². The Bertz CT molecular complexity index is 526. The average Bonchev–Trinajstić information content (AvgIpc) is 2.37. The van der Waals surface area contributed by atoms with E-state index in [0.29, 0.717) is 0 Å². The number of esters is 1. The van der Waals surface area contributed by atoms with Crippen molar-refractivity contribution < 1.29 is 22.7 Å². The van der Waals surface area contributed by atoms with Crippen molar-refractivity contribution in [2.24, 2.45) is 5.41 Å². The van der Waals surface area contributed by atoms with Gasteiger partial charge in [-0.2, -0.15) is 4.31 Å². The molecule has 9 heteroatoms. The SMILES string of the molecule is CNCC(=O)OC[C@H](CN(C(C)(C)C)S(C)(=O)=O)O[C@@H](C)C(C)(C)C.Cl. The van der Waals surface area contributed by atoms with E-state index in [-0.39, 0.29) is 43.6 Å². The van der Waals surface area contributed by atoms with E-state index in [4.69, 9.17) is 9.47 Å². The second-order valence-electron chi connectivity index (χ2n) is 8.44. The third-order valence-electron chi connectivity index (χ3n) is 3.89. The summed E-state index contributed by atoms with van der Waals surface area (Å²) in [4.78, 5) is 11.6. The van der Waals surface area contributed by atoms with Crippen LogP contribution in [0.3, 0.4) is 0 Å². The Morgan fingerprint density at radius 2 is 1.65 bits per heavy atom. The number of carbonyl (C=O) groups excluding carboxylic acids is 1. The monoisotopic (exact) mass is 416 g/mol. The fraction of sp³-hybridized carbons (Fsp3) is 0.941. The molecular formula is C17H37ClN2O5S. The Labute approximate surface area is 165 Å². The summed E-state index contributed by atoms with van der Waals surface area (Å²) in [6.45, 7) is 13.8. The highest BCUT2D eigenvalue weighted by atomic mass is 35.5. The topological polar surface area (TPSA) is 84.9 Å². The summed E-state index contributed by atoms with van der Waals surface area (Å²) in [5, 5.41) is 2.72. The molecule has 0 aliphatic heterocycles. The van der Waals surface area contributed by atoms with Gasteiger partial charge in [-0.1, -0.05) is 20.8 Å². The number of nitrogens with one attached hydrogen (secondary N) is 1. The van der Waals surface area contributed by atoms with Gasteiger partial charge in [-0.05, 0) is 40.2 Å². The highest BCUT2D eigenvalue weighted by Crippen LogP contribution is 2.25. The van der Waals surface area contributed by atoms with Gasteiger partial charge in [-0.25, -0.2) is 8.42 Å². The molecule has 0 saturated heterocycles. The van der Waals surface area contributed by atoms with Crippen LogP contribution in [-0.4, -0.2) is 69.4 Å². The van der Waals surface area contributed by atoms with Gasteiger partial charge in [0.1, 0.15) is 12.7 Å². The summed E-state index contributed by atoms with van der Waals surface area (Å²) in [5.74, 6) is -0.402. The minimum atomic E-state index is -3.44. The molecular weight excluding hydrogens is 380 g/mol. The van der Waals surface area contributed by atoms with E-state index >= 15 is 0 Å². The predicted molar refractivity (Wildman–Crippen MR) is 107 cm³/mol. The molecule has 1 N–H and O–H groups in total. The molecule has 0 radical (unpaired) electrons. The van der Waals surface area contributed by atoms with Gasteiger partial charge < -0.3 is 14.8 Å². The molecule has 0 fully saturated rings. The first-order valence-electron chi connectivity index (χ1n) is 8.52. The van der Waals surface area contributed by atoms with Gasteiger partial charge in [-0.3, -0.25) is 4.79 Å². The number of halogens is 1. The Balaban J connectivity index is 0. The maximum Gasteiger partial charge on any atom is 0.320 e. The highest BCUT2D eigenvalue weighted by molar-refractivity contribution is 7.88. The number of hydrogen-bond donors (Lipinski definition) is 1. The quantitative estimate of drug-likeness (QED) is 0.579. The lowest BCUT2D eigenvalue weighted by Gasteiger charge is -2.38. The molecule has 0 bridgehead atoms. The van der Waals surface area contributed by atoms with Crippen LogP contribution < -0.4 is 5.32 Å². The number of hydrogen-bond acceptors (Lipinski definition) is 6. The molecule has 0 rings (SSSR count). The van der Waals surface area contributed by atoms with Crippen LogP contribution in [0.4, 0.5) is 0 Å². The standard InChI is InChI=1S/C17H36N2O5S.ClH/c1-13(16(2,3)4)24-14(12-23-15(20)10-18-8)11-19(17(5,6)7)25(9,21)22;/h13-14,18H,10-12H2,1-9H3;1H/t13-,14-;/m0./s1. The zero-order valence-corrected chi connectivity index (χ0v) is 19.2. The van der Waals surface area contributed by atoms with Crippen LogP contribution in [-0.2, 0) is 24.3 Å². The number of carbonyl (C=O) groups is 1. The Morgan fingerprint density at radius 3 is 2.00 bits per heavy atom. The third-order valence-corrected chi connectivity index (χ3v) is 5.38. The molecule has 0 spiro atoms. The van der Waals surface area contributed by atoms with Gasteiger partial charge in [0.2, 0.25) is 10.0 Å². The smallest absolute Gasteiger partial charge is 0.320 e. The lowest BCUT2D eigenvalue weighted by Crippen LogP contribution is -2.51. The number of nitrogens with zero attached hydrogens (tertiary/aromatic N) is 1. The molecule has 0 aromatic heterocycles. The van der Waals surface area contributed by atoms with Crippen LogP contribution in [0.15, 0.2) is 0 Å². The molecule has 0 amide bonds. The van der Waals surface area contributed by atoms with E-state index in [1.54, 1.807) is 7.05 Å².